The van der Waals surface area contributed by atoms with E-state index in [0.29, 0.717) is 24.5 Å². The number of hydrogen-bond acceptors (Lipinski definition) is 8. The molecule has 0 bridgehead atoms. The van der Waals surface area contributed by atoms with E-state index >= 15 is 0 Å². The first kappa shape index (κ1) is 26.2. The molecule has 1 aliphatic rings. The maximum absolute atomic E-state index is 12.8. The number of carbonyl (C=O) groups excluding carboxylic acids is 2. The van der Waals surface area contributed by atoms with E-state index in [4.69, 9.17) is 25.8 Å². The van der Waals surface area contributed by atoms with Crippen LogP contribution >= 0.6 is 11.6 Å². The van der Waals surface area contributed by atoms with E-state index < -0.39 is 28.5 Å². The van der Waals surface area contributed by atoms with Gasteiger partial charge in [0.05, 0.1) is 35.9 Å². The number of rotatable bonds is 8. The Kier molecular flexibility index (Phi) is 8.84. The summed E-state index contributed by atoms with van der Waals surface area (Å²) in [5.74, 6) is -1.14. The van der Waals surface area contributed by atoms with Gasteiger partial charge in [-0.2, -0.15) is 9.57 Å². The van der Waals surface area contributed by atoms with Gasteiger partial charge in [-0.15, -0.1) is 0 Å². The van der Waals surface area contributed by atoms with Gasteiger partial charge in [-0.1, -0.05) is 23.7 Å². The van der Waals surface area contributed by atoms with Crippen LogP contribution in [0.4, 0.5) is 5.69 Å². The van der Waals surface area contributed by atoms with Crippen molar-refractivity contribution in [3.05, 3.63) is 58.6 Å². The highest BCUT2D eigenvalue weighted by Gasteiger charge is 2.27. The number of morpholine rings is 1. The van der Waals surface area contributed by atoms with Crippen molar-refractivity contribution in [2.45, 2.75) is 4.90 Å². The predicted molar refractivity (Wildman–Crippen MR) is 127 cm³/mol. The molecule has 0 radical (unpaired) electrons. The molecule has 0 aliphatic carbocycles. The zero-order valence-electron chi connectivity index (χ0n) is 18.7. The number of esters is 1. The third kappa shape index (κ3) is 6.80. The van der Waals surface area contributed by atoms with Crippen molar-refractivity contribution >= 4 is 45.3 Å². The molecule has 0 aromatic heterocycles. The summed E-state index contributed by atoms with van der Waals surface area (Å²) in [5, 5.41) is 11.8. The summed E-state index contributed by atoms with van der Waals surface area (Å²) in [6.07, 6.45) is 1.32. The van der Waals surface area contributed by atoms with Gasteiger partial charge in [-0.25, -0.2) is 13.2 Å². The fourth-order valence-electron chi connectivity index (χ4n) is 3.10. The first-order valence-corrected chi connectivity index (χ1v) is 12.2. The van der Waals surface area contributed by atoms with Crippen molar-refractivity contribution in [3.63, 3.8) is 0 Å². The van der Waals surface area contributed by atoms with Gasteiger partial charge in [-0.05, 0) is 42.0 Å². The SMILES string of the molecule is COc1ccc(/C=C(/C#N)C(=O)OCC(=O)Nc2cc(S(=O)(=O)N3CCOCC3)ccc2Cl)cc1. The average Bonchev–Trinajstić information content (AvgIpc) is 2.87. The monoisotopic (exact) mass is 519 g/mol. The van der Waals surface area contributed by atoms with Gasteiger partial charge < -0.3 is 19.5 Å². The Bertz CT molecular complexity index is 1270. The summed E-state index contributed by atoms with van der Waals surface area (Å²) in [6.45, 7) is 0.303. The third-order valence-corrected chi connectivity index (χ3v) is 7.15. The number of carbonyl (C=O) groups is 2. The quantitative estimate of drug-likeness (QED) is 0.319. The summed E-state index contributed by atoms with van der Waals surface area (Å²) >= 11 is 6.11. The molecule has 1 fully saturated rings. The lowest BCUT2D eigenvalue weighted by molar-refractivity contribution is -0.142. The first-order chi connectivity index (χ1) is 16.7. The van der Waals surface area contributed by atoms with Gasteiger partial charge >= 0.3 is 5.97 Å². The van der Waals surface area contributed by atoms with Crippen molar-refractivity contribution in [1.82, 2.24) is 4.31 Å². The van der Waals surface area contributed by atoms with E-state index in [1.54, 1.807) is 30.3 Å². The molecular weight excluding hydrogens is 498 g/mol. The van der Waals surface area contributed by atoms with Crippen LogP contribution in [0.1, 0.15) is 5.56 Å². The number of hydrogen-bond donors (Lipinski definition) is 1. The highest BCUT2D eigenvalue weighted by Crippen LogP contribution is 2.27. The molecule has 0 unspecified atom stereocenters. The molecule has 1 heterocycles. The Morgan fingerprint density at radius 1 is 1.20 bits per heavy atom. The number of anilines is 1. The van der Waals surface area contributed by atoms with Crippen LogP contribution in [0, 0.1) is 11.3 Å². The molecule has 2 aromatic carbocycles. The topological polar surface area (TPSA) is 135 Å². The maximum Gasteiger partial charge on any atom is 0.349 e. The van der Waals surface area contributed by atoms with E-state index in [9.17, 15) is 23.3 Å². The van der Waals surface area contributed by atoms with Gasteiger partial charge in [0.25, 0.3) is 5.91 Å². The van der Waals surface area contributed by atoms with E-state index in [1.165, 1.54) is 35.7 Å². The molecular formula is C23H22ClN3O7S. The van der Waals surface area contributed by atoms with Crippen LogP contribution in [0.15, 0.2) is 52.9 Å². The maximum atomic E-state index is 12.8. The summed E-state index contributed by atoms with van der Waals surface area (Å²) in [5.41, 5.74) is 0.296. The smallest absolute Gasteiger partial charge is 0.349 e. The van der Waals surface area contributed by atoms with Gasteiger partial charge in [0, 0.05) is 13.1 Å². The molecule has 2 aromatic rings. The average molecular weight is 520 g/mol. The predicted octanol–water partition coefficient (Wildman–Crippen LogP) is 2.46. The zero-order valence-corrected chi connectivity index (χ0v) is 20.3. The van der Waals surface area contributed by atoms with Gasteiger partial charge in [0.2, 0.25) is 10.0 Å². The fourth-order valence-corrected chi connectivity index (χ4v) is 4.69. The Morgan fingerprint density at radius 2 is 1.89 bits per heavy atom. The summed E-state index contributed by atoms with van der Waals surface area (Å²) in [7, 11) is -2.29. The summed E-state index contributed by atoms with van der Waals surface area (Å²) in [4.78, 5) is 24.5. The van der Waals surface area contributed by atoms with Gasteiger partial charge in [-0.3, -0.25) is 4.79 Å². The van der Waals surface area contributed by atoms with Crippen molar-refractivity contribution in [3.8, 4) is 11.8 Å². The van der Waals surface area contributed by atoms with Crippen molar-refractivity contribution in [2.24, 2.45) is 0 Å². The number of benzene rings is 2. The summed E-state index contributed by atoms with van der Waals surface area (Å²) < 4.78 is 42.1. The van der Waals surface area contributed by atoms with E-state index in [2.05, 4.69) is 5.32 Å². The Labute approximate surface area is 207 Å². The summed E-state index contributed by atoms with van der Waals surface area (Å²) in [6, 6.07) is 12.3. The van der Waals surface area contributed by atoms with Crippen LogP contribution in [-0.2, 0) is 29.1 Å². The van der Waals surface area contributed by atoms with Crippen LogP contribution in [0.2, 0.25) is 5.02 Å². The molecule has 1 amide bonds. The van der Waals surface area contributed by atoms with E-state index in [1.807, 2.05) is 0 Å². The van der Waals surface area contributed by atoms with Gasteiger partial charge in [0.15, 0.2) is 6.61 Å². The Hall–Kier alpha value is -3.43. The molecule has 0 spiro atoms. The molecule has 1 saturated heterocycles. The minimum Gasteiger partial charge on any atom is -0.497 e. The first-order valence-electron chi connectivity index (χ1n) is 10.3. The number of methoxy groups -OCH3 is 1. The van der Waals surface area contributed by atoms with Crippen molar-refractivity contribution < 1.29 is 32.2 Å². The second-order valence-corrected chi connectivity index (χ2v) is 9.57. The number of nitrogens with one attached hydrogen (secondary N) is 1. The molecule has 3 rings (SSSR count). The zero-order chi connectivity index (χ0) is 25.4. The number of nitrogens with zero attached hydrogens (tertiary/aromatic N) is 2. The number of nitriles is 1. The molecule has 12 heteroatoms. The van der Waals surface area contributed by atoms with Crippen LogP contribution in [-0.4, -0.2) is 64.6 Å². The van der Waals surface area contributed by atoms with Crippen molar-refractivity contribution in [1.29, 1.82) is 5.26 Å². The second kappa shape index (κ2) is 11.8. The highest BCUT2D eigenvalue weighted by atomic mass is 35.5. The normalized spacial score (nSPS) is 14.6. The lowest BCUT2D eigenvalue weighted by Crippen LogP contribution is -2.40. The van der Waals surface area contributed by atoms with Crippen molar-refractivity contribution in [2.75, 3.05) is 45.3 Å². The molecule has 35 heavy (non-hydrogen) atoms. The van der Waals surface area contributed by atoms with Crippen LogP contribution in [0.25, 0.3) is 6.08 Å². The molecule has 1 aliphatic heterocycles. The lowest BCUT2D eigenvalue weighted by atomic mass is 10.1. The van der Waals surface area contributed by atoms with E-state index in [0.717, 1.165) is 0 Å². The third-order valence-electron chi connectivity index (χ3n) is 4.92. The number of amides is 1. The molecule has 1 N–H and O–H groups in total. The van der Waals surface area contributed by atoms with Crippen LogP contribution < -0.4 is 10.1 Å². The Balaban J connectivity index is 1.64. The van der Waals surface area contributed by atoms with Crippen LogP contribution in [0.5, 0.6) is 5.75 Å². The van der Waals surface area contributed by atoms with Crippen LogP contribution in [0.3, 0.4) is 0 Å². The number of ether oxygens (including phenoxy) is 3. The molecule has 10 nitrogen and oxygen atoms in total. The van der Waals surface area contributed by atoms with E-state index in [-0.39, 0.29) is 34.3 Å². The number of halogens is 1. The number of sulfonamides is 1. The largest absolute Gasteiger partial charge is 0.497 e. The van der Waals surface area contributed by atoms with Gasteiger partial charge in [0.1, 0.15) is 17.4 Å². The Morgan fingerprint density at radius 3 is 2.51 bits per heavy atom. The lowest BCUT2D eigenvalue weighted by Gasteiger charge is -2.26. The molecule has 184 valence electrons. The highest BCUT2D eigenvalue weighted by molar-refractivity contribution is 7.89. The minimum absolute atomic E-state index is 0.0383. The molecule has 0 atom stereocenters. The fraction of sp³-hybridized carbons (Fsp3) is 0.261. The minimum atomic E-state index is -3.81. The standard InChI is InChI=1S/C23H22ClN3O7S/c1-32-18-4-2-16(3-5-18)12-17(14-25)23(29)34-15-22(28)26-21-13-19(6-7-20(21)24)35(30,31)27-8-10-33-11-9-27/h2-7,12-13H,8-11,15H2,1H3,(H,26,28)/b17-12-. The molecule has 0 saturated carbocycles. The second-order valence-electron chi connectivity index (χ2n) is 7.23.